The first-order valence-corrected chi connectivity index (χ1v) is 13.0. The molecule has 2 aromatic rings. The molecule has 3 rings (SSSR count). The van der Waals surface area contributed by atoms with Crippen LogP contribution in [0.5, 0.6) is 0 Å². The third-order valence-corrected chi connectivity index (χ3v) is 7.48. The monoisotopic (exact) mass is 456 g/mol. The van der Waals surface area contributed by atoms with Crippen molar-refractivity contribution in [1.82, 2.24) is 0 Å². The van der Waals surface area contributed by atoms with Crippen LogP contribution >= 0.6 is 0 Å². The lowest BCUT2D eigenvalue weighted by molar-refractivity contribution is -0.139. The lowest BCUT2D eigenvalue weighted by atomic mass is 9.89. The number of benzene rings is 2. The van der Waals surface area contributed by atoms with Crippen molar-refractivity contribution in [1.29, 1.82) is 0 Å². The van der Waals surface area contributed by atoms with Gasteiger partial charge in [-0.3, -0.25) is 0 Å². The standard InChI is InChI=1S/C26H32O5S/c1-3-5-6-13-18-22-23(19-32(28,29)21-16-11-8-12-17-21)31-25(20-14-9-7-10-15-20)24(22)26(27)30-4-2/h7-12,14-17,22-23H,3-6,13,18-19H2,1-2H3/t22-,23-/m0/s1. The molecule has 1 aliphatic heterocycles. The highest BCUT2D eigenvalue weighted by Crippen LogP contribution is 2.41. The number of hydrogen-bond acceptors (Lipinski definition) is 5. The van der Waals surface area contributed by atoms with Gasteiger partial charge in [-0.15, -0.1) is 0 Å². The number of sulfone groups is 1. The summed E-state index contributed by atoms with van der Waals surface area (Å²) in [4.78, 5) is 13.3. The van der Waals surface area contributed by atoms with Gasteiger partial charge in [0.15, 0.2) is 9.84 Å². The summed E-state index contributed by atoms with van der Waals surface area (Å²) in [6, 6.07) is 17.8. The Hall–Kier alpha value is -2.60. The van der Waals surface area contributed by atoms with Gasteiger partial charge in [-0.25, -0.2) is 13.2 Å². The van der Waals surface area contributed by atoms with Crippen molar-refractivity contribution in [3.05, 3.63) is 71.8 Å². The van der Waals surface area contributed by atoms with Crippen LogP contribution in [-0.2, 0) is 24.1 Å². The predicted molar refractivity (Wildman–Crippen MR) is 126 cm³/mol. The van der Waals surface area contributed by atoms with Gasteiger partial charge in [-0.2, -0.15) is 0 Å². The van der Waals surface area contributed by atoms with Crippen LogP contribution in [0.4, 0.5) is 0 Å². The molecule has 32 heavy (non-hydrogen) atoms. The molecule has 1 aliphatic rings. The quantitative estimate of drug-likeness (QED) is 0.334. The molecule has 6 heteroatoms. The molecule has 0 unspecified atom stereocenters. The van der Waals surface area contributed by atoms with Crippen molar-refractivity contribution >= 4 is 21.6 Å². The fourth-order valence-electron chi connectivity index (χ4n) is 4.13. The van der Waals surface area contributed by atoms with Crippen LogP contribution in [0, 0.1) is 5.92 Å². The Morgan fingerprint density at radius 3 is 2.22 bits per heavy atom. The molecule has 2 atom stereocenters. The highest BCUT2D eigenvalue weighted by molar-refractivity contribution is 7.91. The van der Waals surface area contributed by atoms with E-state index in [0.717, 1.165) is 31.2 Å². The normalized spacial score (nSPS) is 18.4. The van der Waals surface area contributed by atoms with E-state index in [1.807, 2.05) is 30.3 Å². The highest BCUT2D eigenvalue weighted by atomic mass is 32.2. The van der Waals surface area contributed by atoms with E-state index >= 15 is 0 Å². The average molecular weight is 457 g/mol. The smallest absolute Gasteiger partial charge is 0.338 e. The minimum Gasteiger partial charge on any atom is -0.488 e. The molecular formula is C26H32O5S. The molecule has 1 heterocycles. The van der Waals surface area contributed by atoms with Crippen LogP contribution in [0.1, 0.15) is 51.5 Å². The van der Waals surface area contributed by atoms with Crippen molar-refractivity contribution in [2.75, 3.05) is 12.4 Å². The first-order chi connectivity index (χ1) is 15.5. The zero-order valence-corrected chi connectivity index (χ0v) is 19.6. The summed E-state index contributed by atoms with van der Waals surface area (Å²) in [5, 5.41) is 0. The number of carbonyl (C=O) groups excluding carboxylic acids is 1. The molecule has 0 amide bonds. The van der Waals surface area contributed by atoms with Crippen molar-refractivity contribution in [3.8, 4) is 0 Å². The summed E-state index contributed by atoms with van der Waals surface area (Å²) >= 11 is 0. The Kier molecular flexibility index (Phi) is 8.51. The first kappa shape index (κ1) is 24.1. The summed E-state index contributed by atoms with van der Waals surface area (Å²) in [7, 11) is -3.58. The van der Waals surface area contributed by atoms with Crippen LogP contribution in [0.3, 0.4) is 0 Å². The number of hydrogen-bond donors (Lipinski definition) is 0. The number of esters is 1. The number of carbonyl (C=O) groups is 1. The van der Waals surface area contributed by atoms with Gasteiger partial charge < -0.3 is 9.47 Å². The van der Waals surface area contributed by atoms with Gasteiger partial charge >= 0.3 is 5.97 Å². The summed E-state index contributed by atoms with van der Waals surface area (Å²) in [5.41, 5.74) is 1.22. The predicted octanol–water partition coefficient (Wildman–Crippen LogP) is 5.42. The van der Waals surface area contributed by atoms with Gasteiger partial charge in [0.25, 0.3) is 0 Å². The number of ether oxygens (including phenoxy) is 2. The zero-order chi connectivity index (χ0) is 23.0. The summed E-state index contributed by atoms with van der Waals surface area (Å²) in [6.45, 7) is 4.16. The van der Waals surface area contributed by atoms with Crippen molar-refractivity contribution in [3.63, 3.8) is 0 Å². The topological polar surface area (TPSA) is 69.7 Å². The molecule has 0 N–H and O–H groups in total. The van der Waals surface area contributed by atoms with E-state index in [1.54, 1.807) is 37.3 Å². The Morgan fingerprint density at radius 1 is 0.938 bits per heavy atom. The summed E-state index contributed by atoms with van der Waals surface area (Å²) in [5.74, 6) is -0.502. The van der Waals surface area contributed by atoms with Crippen molar-refractivity contribution < 1.29 is 22.7 Å². The van der Waals surface area contributed by atoms with Crippen LogP contribution in [0.2, 0.25) is 0 Å². The van der Waals surface area contributed by atoms with E-state index < -0.39 is 21.9 Å². The first-order valence-electron chi connectivity index (χ1n) is 11.4. The van der Waals surface area contributed by atoms with Crippen LogP contribution in [-0.4, -0.2) is 32.9 Å². The third kappa shape index (κ3) is 5.80. The molecule has 172 valence electrons. The molecule has 5 nitrogen and oxygen atoms in total. The Balaban J connectivity index is 1.96. The molecular weight excluding hydrogens is 424 g/mol. The fourth-order valence-corrected chi connectivity index (χ4v) is 5.63. The van der Waals surface area contributed by atoms with E-state index in [9.17, 15) is 13.2 Å². The van der Waals surface area contributed by atoms with E-state index in [4.69, 9.17) is 9.47 Å². The van der Waals surface area contributed by atoms with Crippen molar-refractivity contribution in [2.24, 2.45) is 5.92 Å². The van der Waals surface area contributed by atoms with Gasteiger partial charge in [0.05, 0.1) is 22.8 Å². The van der Waals surface area contributed by atoms with E-state index in [1.165, 1.54) is 0 Å². The van der Waals surface area contributed by atoms with Crippen LogP contribution < -0.4 is 0 Å². The second kappa shape index (κ2) is 11.3. The molecule has 0 aromatic heterocycles. The molecule has 0 saturated carbocycles. The van der Waals surface area contributed by atoms with Gasteiger partial charge in [0.2, 0.25) is 0 Å². The molecule has 0 saturated heterocycles. The third-order valence-electron chi connectivity index (χ3n) is 5.72. The van der Waals surface area contributed by atoms with Gasteiger partial charge in [0, 0.05) is 11.5 Å². The van der Waals surface area contributed by atoms with Crippen LogP contribution in [0.25, 0.3) is 5.76 Å². The lowest BCUT2D eigenvalue weighted by Crippen LogP contribution is -2.30. The number of unbranched alkanes of at least 4 members (excludes halogenated alkanes) is 3. The highest BCUT2D eigenvalue weighted by Gasteiger charge is 2.43. The molecule has 0 radical (unpaired) electrons. The molecule has 2 aromatic carbocycles. The van der Waals surface area contributed by atoms with Gasteiger partial charge in [-0.1, -0.05) is 81.1 Å². The summed E-state index contributed by atoms with van der Waals surface area (Å²) < 4.78 is 37.9. The second-order valence-electron chi connectivity index (χ2n) is 8.04. The Bertz CT molecular complexity index is 1010. The molecule has 0 fully saturated rings. The van der Waals surface area contributed by atoms with Gasteiger partial charge in [0.1, 0.15) is 11.9 Å². The van der Waals surface area contributed by atoms with E-state index in [-0.39, 0.29) is 23.2 Å². The zero-order valence-electron chi connectivity index (χ0n) is 18.8. The summed E-state index contributed by atoms with van der Waals surface area (Å²) in [6.07, 6.45) is 4.17. The Morgan fingerprint density at radius 2 is 1.59 bits per heavy atom. The SMILES string of the molecule is CCCCCC[C@@H]1C(C(=O)OCC)=C(c2ccccc2)O[C@H]1CS(=O)(=O)c1ccccc1. The minimum atomic E-state index is -3.58. The maximum Gasteiger partial charge on any atom is 0.338 e. The molecule has 0 spiro atoms. The second-order valence-corrected chi connectivity index (χ2v) is 10.1. The lowest BCUT2D eigenvalue weighted by Gasteiger charge is -2.21. The maximum atomic E-state index is 13.1. The minimum absolute atomic E-state index is 0.186. The molecule has 0 bridgehead atoms. The molecule has 0 aliphatic carbocycles. The van der Waals surface area contributed by atoms with E-state index in [2.05, 4.69) is 6.92 Å². The maximum absolute atomic E-state index is 13.1. The van der Waals surface area contributed by atoms with Crippen LogP contribution in [0.15, 0.2) is 71.1 Å². The fraction of sp³-hybridized carbons (Fsp3) is 0.423. The van der Waals surface area contributed by atoms with E-state index in [0.29, 0.717) is 17.8 Å². The van der Waals surface area contributed by atoms with Gasteiger partial charge in [-0.05, 0) is 25.5 Å². The van der Waals surface area contributed by atoms with Crippen molar-refractivity contribution in [2.45, 2.75) is 57.0 Å². The average Bonchev–Trinajstić information content (AvgIpc) is 3.15. The number of rotatable bonds is 11. The Labute approximate surface area is 191 Å². The largest absolute Gasteiger partial charge is 0.488 e.